The van der Waals surface area contributed by atoms with Gasteiger partial charge in [-0.15, -0.1) is 0 Å². The van der Waals surface area contributed by atoms with Crippen molar-refractivity contribution >= 4 is 5.82 Å². The number of hydrogen-bond donors (Lipinski definition) is 2. The second-order valence-corrected chi connectivity index (χ2v) is 6.51. The maximum atomic E-state index is 10.3. The Morgan fingerprint density at radius 2 is 1.71 bits per heavy atom. The van der Waals surface area contributed by atoms with E-state index in [2.05, 4.69) is 32.5 Å². The Balaban J connectivity index is 1.42. The summed E-state index contributed by atoms with van der Waals surface area (Å²) in [7, 11) is 0. The van der Waals surface area contributed by atoms with Crippen molar-refractivity contribution in [1.82, 2.24) is 19.7 Å². The van der Waals surface area contributed by atoms with Gasteiger partial charge >= 0.3 is 0 Å². The summed E-state index contributed by atoms with van der Waals surface area (Å²) in [4.78, 5) is 8.59. The molecule has 140 valence electrons. The van der Waals surface area contributed by atoms with Crippen LogP contribution >= 0.6 is 0 Å². The van der Waals surface area contributed by atoms with Crippen LogP contribution in [-0.2, 0) is 6.54 Å². The van der Waals surface area contributed by atoms with Crippen molar-refractivity contribution in [1.29, 1.82) is 0 Å². The maximum absolute atomic E-state index is 10.3. The zero-order valence-corrected chi connectivity index (χ0v) is 15.3. The second kappa shape index (κ2) is 8.45. The highest BCUT2D eigenvalue weighted by Gasteiger charge is 2.09. The van der Waals surface area contributed by atoms with Gasteiger partial charge in [0.25, 0.3) is 0 Å². The van der Waals surface area contributed by atoms with Crippen molar-refractivity contribution in [2.75, 3.05) is 11.9 Å². The molecule has 0 bridgehead atoms. The van der Waals surface area contributed by atoms with Crippen LogP contribution in [0.2, 0.25) is 0 Å². The molecule has 2 N–H and O–H groups in total. The SMILES string of the molecule is O[C@@H](CNc1cc(-c2cnn(Cc3ccccc3)c2)ncn1)c1ccccc1. The fourth-order valence-corrected chi connectivity index (χ4v) is 2.96. The third-order valence-electron chi connectivity index (χ3n) is 4.44. The third kappa shape index (κ3) is 4.42. The molecule has 2 aromatic carbocycles. The predicted molar refractivity (Wildman–Crippen MR) is 109 cm³/mol. The van der Waals surface area contributed by atoms with Crippen LogP contribution in [0, 0.1) is 0 Å². The van der Waals surface area contributed by atoms with E-state index < -0.39 is 6.10 Å². The van der Waals surface area contributed by atoms with Gasteiger partial charge in [0.1, 0.15) is 12.1 Å². The molecule has 1 atom stereocenters. The van der Waals surface area contributed by atoms with E-state index in [1.165, 1.54) is 11.9 Å². The summed E-state index contributed by atoms with van der Waals surface area (Å²) < 4.78 is 1.89. The first-order valence-electron chi connectivity index (χ1n) is 9.13. The van der Waals surface area contributed by atoms with E-state index in [1.54, 1.807) is 6.20 Å². The zero-order chi connectivity index (χ0) is 19.2. The van der Waals surface area contributed by atoms with Gasteiger partial charge in [0.2, 0.25) is 0 Å². The molecule has 0 aliphatic carbocycles. The molecule has 6 nitrogen and oxygen atoms in total. The molecule has 2 heterocycles. The lowest BCUT2D eigenvalue weighted by molar-refractivity contribution is 0.191. The summed E-state index contributed by atoms with van der Waals surface area (Å²) in [5, 5.41) is 17.9. The average Bonchev–Trinajstić information content (AvgIpc) is 3.22. The molecule has 0 unspecified atom stereocenters. The molecule has 2 aromatic heterocycles. The number of rotatable bonds is 7. The molecular weight excluding hydrogens is 350 g/mol. The van der Waals surface area contributed by atoms with Crippen molar-refractivity contribution in [3.63, 3.8) is 0 Å². The minimum Gasteiger partial charge on any atom is -0.387 e. The summed E-state index contributed by atoms with van der Waals surface area (Å²) in [6, 6.07) is 21.6. The molecule has 0 saturated carbocycles. The lowest BCUT2D eigenvalue weighted by atomic mass is 10.1. The van der Waals surface area contributed by atoms with Crippen molar-refractivity contribution < 1.29 is 5.11 Å². The molecule has 0 fully saturated rings. The molecule has 0 amide bonds. The van der Waals surface area contributed by atoms with Gasteiger partial charge in [0.15, 0.2) is 0 Å². The number of aliphatic hydroxyl groups is 1. The first-order valence-corrected chi connectivity index (χ1v) is 9.13. The van der Waals surface area contributed by atoms with Crippen molar-refractivity contribution in [2.45, 2.75) is 12.6 Å². The zero-order valence-electron chi connectivity index (χ0n) is 15.3. The van der Waals surface area contributed by atoms with E-state index in [9.17, 15) is 5.11 Å². The van der Waals surface area contributed by atoms with Gasteiger partial charge in [-0.3, -0.25) is 4.68 Å². The second-order valence-electron chi connectivity index (χ2n) is 6.51. The molecule has 0 aliphatic heterocycles. The minimum atomic E-state index is -0.603. The molecule has 0 radical (unpaired) electrons. The van der Waals surface area contributed by atoms with Crippen LogP contribution in [-0.4, -0.2) is 31.4 Å². The van der Waals surface area contributed by atoms with E-state index in [0.29, 0.717) is 18.9 Å². The van der Waals surface area contributed by atoms with Crippen LogP contribution in [0.15, 0.2) is 85.5 Å². The van der Waals surface area contributed by atoms with Crippen LogP contribution in [0.4, 0.5) is 5.82 Å². The number of benzene rings is 2. The topological polar surface area (TPSA) is 75.9 Å². The van der Waals surface area contributed by atoms with E-state index in [1.807, 2.05) is 65.5 Å². The highest BCUT2D eigenvalue weighted by Crippen LogP contribution is 2.19. The van der Waals surface area contributed by atoms with Gasteiger partial charge in [0.05, 0.1) is 24.5 Å². The van der Waals surface area contributed by atoms with Crippen LogP contribution in [0.25, 0.3) is 11.3 Å². The standard InChI is InChI=1S/C22H21N5O/c28-21(18-9-5-2-6-10-18)13-23-22-11-20(24-16-25-22)19-12-26-27(15-19)14-17-7-3-1-4-8-17/h1-12,15-16,21,28H,13-14H2,(H,23,24,25)/t21-/m0/s1. The number of hydrogen-bond acceptors (Lipinski definition) is 5. The Kier molecular flexibility index (Phi) is 5.40. The van der Waals surface area contributed by atoms with Gasteiger partial charge in [-0.1, -0.05) is 60.7 Å². The first kappa shape index (κ1) is 17.9. The maximum Gasteiger partial charge on any atom is 0.130 e. The molecule has 0 spiro atoms. The largest absolute Gasteiger partial charge is 0.387 e. The highest BCUT2D eigenvalue weighted by molar-refractivity contribution is 5.60. The van der Waals surface area contributed by atoms with Gasteiger partial charge in [-0.25, -0.2) is 9.97 Å². The summed E-state index contributed by atoms with van der Waals surface area (Å²) in [5.41, 5.74) is 3.76. The van der Waals surface area contributed by atoms with Gasteiger partial charge in [-0.05, 0) is 11.1 Å². The van der Waals surface area contributed by atoms with Crippen molar-refractivity contribution in [3.8, 4) is 11.3 Å². The molecule has 4 aromatic rings. The quantitative estimate of drug-likeness (QED) is 0.520. The van der Waals surface area contributed by atoms with Gasteiger partial charge in [0, 0.05) is 24.4 Å². The van der Waals surface area contributed by atoms with E-state index in [0.717, 1.165) is 16.8 Å². The predicted octanol–water partition coefficient (Wildman–Crippen LogP) is 3.53. The van der Waals surface area contributed by atoms with Crippen LogP contribution in [0.5, 0.6) is 0 Å². The van der Waals surface area contributed by atoms with Crippen molar-refractivity contribution in [3.05, 3.63) is 96.6 Å². The summed E-state index contributed by atoms with van der Waals surface area (Å²) in [6.07, 6.45) is 4.68. The third-order valence-corrected chi connectivity index (χ3v) is 4.44. The number of anilines is 1. The number of nitrogens with zero attached hydrogens (tertiary/aromatic N) is 4. The molecular formula is C22H21N5O. The number of nitrogens with one attached hydrogen (secondary N) is 1. The van der Waals surface area contributed by atoms with E-state index in [4.69, 9.17) is 0 Å². The normalized spacial score (nSPS) is 11.9. The molecule has 28 heavy (non-hydrogen) atoms. The first-order chi connectivity index (χ1) is 13.8. The lowest BCUT2D eigenvalue weighted by Crippen LogP contribution is -2.13. The Morgan fingerprint density at radius 3 is 2.50 bits per heavy atom. The summed E-state index contributed by atoms with van der Waals surface area (Å²) in [5.74, 6) is 0.663. The Bertz CT molecular complexity index is 1020. The summed E-state index contributed by atoms with van der Waals surface area (Å²) in [6.45, 7) is 1.08. The van der Waals surface area contributed by atoms with Gasteiger partial charge in [-0.2, -0.15) is 5.10 Å². The molecule has 0 saturated heterocycles. The Labute approximate surface area is 163 Å². The fraction of sp³-hybridized carbons (Fsp3) is 0.136. The summed E-state index contributed by atoms with van der Waals surface area (Å²) >= 11 is 0. The van der Waals surface area contributed by atoms with Crippen LogP contribution in [0.1, 0.15) is 17.2 Å². The fourth-order valence-electron chi connectivity index (χ4n) is 2.96. The number of aromatic nitrogens is 4. The molecule has 4 rings (SSSR count). The van der Waals surface area contributed by atoms with Crippen LogP contribution in [0.3, 0.4) is 0 Å². The van der Waals surface area contributed by atoms with Crippen LogP contribution < -0.4 is 5.32 Å². The molecule has 0 aliphatic rings. The van der Waals surface area contributed by atoms with Gasteiger partial charge < -0.3 is 10.4 Å². The smallest absolute Gasteiger partial charge is 0.130 e. The monoisotopic (exact) mass is 371 g/mol. The lowest BCUT2D eigenvalue weighted by Gasteiger charge is -2.12. The number of aliphatic hydroxyl groups excluding tert-OH is 1. The molecule has 6 heteroatoms. The average molecular weight is 371 g/mol. The minimum absolute atomic E-state index is 0.369. The Morgan fingerprint density at radius 1 is 0.964 bits per heavy atom. The highest BCUT2D eigenvalue weighted by atomic mass is 16.3. The van der Waals surface area contributed by atoms with Crippen molar-refractivity contribution in [2.24, 2.45) is 0 Å². The Hall–Kier alpha value is -3.51. The van der Waals surface area contributed by atoms with E-state index in [-0.39, 0.29) is 0 Å². The van der Waals surface area contributed by atoms with E-state index >= 15 is 0 Å².